The SMILES string of the molecule is CC(=O)O[C@@H]1[C@@H]2O[C@@H]2[C@@](C)(O)C(=O)[C@@H](C)CC=C[C@H]2[C@H](OC(C)=O)[C@@](C)(O)[C@@H](C)[C@H]3[C@H](Cc4ccccc4)NC(=O)[C@@]312. The summed E-state index contributed by atoms with van der Waals surface area (Å²) in [6, 6.07) is 9.12. The van der Waals surface area contributed by atoms with Gasteiger partial charge in [-0.05, 0) is 38.2 Å². The summed E-state index contributed by atoms with van der Waals surface area (Å²) >= 11 is 0. The summed E-state index contributed by atoms with van der Waals surface area (Å²) < 4.78 is 17.8. The molecule has 2 aliphatic heterocycles. The largest absolute Gasteiger partial charge is 0.459 e. The molecule has 3 fully saturated rings. The van der Waals surface area contributed by atoms with Gasteiger partial charge in [0.05, 0.1) is 0 Å². The van der Waals surface area contributed by atoms with Gasteiger partial charge in [0.15, 0.2) is 5.78 Å². The van der Waals surface area contributed by atoms with Crippen LogP contribution in [0.25, 0.3) is 0 Å². The first-order valence-corrected chi connectivity index (χ1v) is 14.7. The Hall–Kier alpha value is -3.08. The maximum atomic E-state index is 14.6. The molecule has 228 valence electrons. The molecular weight excluding hydrogens is 542 g/mol. The van der Waals surface area contributed by atoms with Gasteiger partial charge in [-0.3, -0.25) is 19.2 Å². The molecule has 4 aliphatic rings. The van der Waals surface area contributed by atoms with Gasteiger partial charge in [-0.2, -0.15) is 0 Å². The Balaban J connectivity index is 1.76. The summed E-state index contributed by atoms with van der Waals surface area (Å²) in [5, 5.41) is 26.6. The standard InChI is InChI=1S/C32H41NO9/c1-16-11-10-14-21-26(40-18(3)34)30(5,38)17(2)23-22(15-20-12-8-7-9-13-20)33-29(37)32(21,23)28(41-19(4)35)24-27(42-24)31(6,39)25(16)36/h7-10,12-14,16-17,21-24,26-28,38-39H,11,15H2,1-6H3,(H,33,37)/t16-,17-,21-,22-,23-,24+,26-,27-,28+,30-,31-,32-/m0/s1. The number of hydrogen-bond acceptors (Lipinski definition) is 9. The highest BCUT2D eigenvalue weighted by molar-refractivity contribution is 5.91. The summed E-state index contributed by atoms with van der Waals surface area (Å²) in [6.07, 6.45) is -0.382. The van der Waals surface area contributed by atoms with Gasteiger partial charge in [-0.25, -0.2) is 0 Å². The van der Waals surface area contributed by atoms with Crippen molar-refractivity contribution in [1.29, 1.82) is 0 Å². The van der Waals surface area contributed by atoms with Crippen LogP contribution >= 0.6 is 0 Å². The number of ether oxygens (including phenoxy) is 3. The van der Waals surface area contributed by atoms with Crippen molar-refractivity contribution in [2.24, 2.45) is 29.1 Å². The molecule has 10 nitrogen and oxygen atoms in total. The van der Waals surface area contributed by atoms with Crippen LogP contribution in [0.4, 0.5) is 0 Å². The van der Waals surface area contributed by atoms with Crippen molar-refractivity contribution in [3.63, 3.8) is 0 Å². The fourth-order valence-corrected chi connectivity index (χ4v) is 8.02. The van der Waals surface area contributed by atoms with E-state index in [2.05, 4.69) is 5.32 Å². The molecule has 10 heteroatoms. The number of nitrogens with one attached hydrogen (secondary N) is 1. The second-order valence-corrected chi connectivity index (χ2v) is 12.9. The van der Waals surface area contributed by atoms with Crippen molar-refractivity contribution in [3.8, 4) is 0 Å². The van der Waals surface area contributed by atoms with Crippen LogP contribution in [-0.2, 0) is 39.8 Å². The van der Waals surface area contributed by atoms with Crippen LogP contribution in [0.15, 0.2) is 42.5 Å². The number of fused-ring (bicyclic) bond motifs is 1. The first-order valence-electron chi connectivity index (χ1n) is 14.7. The van der Waals surface area contributed by atoms with Crippen LogP contribution in [0.3, 0.4) is 0 Å². The van der Waals surface area contributed by atoms with Crippen molar-refractivity contribution in [2.75, 3.05) is 0 Å². The molecule has 0 unspecified atom stereocenters. The minimum atomic E-state index is -1.90. The van der Waals surface area contributed by atoms with Crippen molar-refractivity contribution in [1.82, 2.24) is 5.32 Å². The van der Waals surface area contributed by atoms with E-state index >= 15 is 0 Å². The van der Waals surface area contributed by atoms with Crippen molar-refractivity contribution in [3.05, 3.63) is 48.0 Å². The number of rotatable bonds is 4. The van der Waals surface area contributed by atoms with E-state index in [4.69, 9.17) is 14.2 Å². The van der Waals surface area contributed by atoms with Crippen LogP contribution in [-0.4, -0.2) is 75.5 Å². The summed E-state index contributed by atoms with van der Waals surface area (Å²) in [5.74, 6) is -5.01. The van der Waals surface area contributed by atoms with Crippen LogP contribution < -0.4 is 5.32 Å². The Bertz CT molecular complexity index is 1290. The number of carbonyl (C=O) groups is 4. The van der Waals surface area contributed by atoms with Crippen LogP contribution in [0.2, 0.25) is 0 Å². The molecule has 0 radical (unpaired) electrons. The molecule has 2 heterocycles. The molecule has 12 atom stereocenters. The molecule has 1 aromatic rings. The number of Topliss-reactive ketones (excluding diaryl/α,β-unsaturated/α-hetero) is 1. The molecule has 1 aromatic carbocycles. The molecule has 0 aromatic heterocycles. The van der Waals surface area contributed by atoms with Gasteiger partial charge < -0.3 is 29.7 Å². The van der Waals surface area contributed by atoms with Gasteiger partial charge in [0.25, 0.3) is 0 Å². The van der Waals surface area contributed by atoms with Crippen molar-refractivity contribution in [2.45, 2.75) is 96.0 Å². The van der Waals surface area contributed by atoms with E-state index < -0.39 is 94.4 Å². The Kier molecular flexibility index (Phi) is 7.65. The van der Waals surface area contributed by atoms with Gasteiger partial charge in [0, 0.05) is 37.6 Å². The lowest BCUT2D eigenvalue weighted by atomic mass is 9.48. The Morgan fingerprint density at radius 2 is 1.64 bits per heavy atom. The van der Waals surface area contributed by atoms with E-state index in [-0.39, 0.29) is 6.42 Å². The summed E-state index contributed by atoms with van der Waals surface area (Å²) in [5.41, 5.74) is -4.10. The average molecular weight is 584 g/mol. The molecule has 42 heavy (non-hydrogen) atoms. The number of aliphatic hydroxyl groups is 2. The molecule has 0 bridgehead atoms. The highest BCUT2D eigenvalue weighted by Crippen LogP contribution is 2.62. The van der Waals surface area contributed by atoms with Gasteiger partial charge in [-0.1, -0.05) is 56.3 Å². The third-order valence-electron chi connectivity index (χ3n) is 10.1. The van der Waals surface area contributed by atoms with Crippen LogP contribution in [0.5, 0.6) is 0 Å². The van der Waals surface area contributed by atoms with Gasteiger partial charge in [-0.15, -0.1) is 0 Å². The molecule has 5 rings (SSSR count). The number of ketones is 1. The lowest BCUT2D eigenvalue weighted by Gasteiger charge is -2.57. The first-order chi connectivity index (χ1) is 19.6. The minimum absolute atomic E-state index is 0.224. The predicted octanol–water partition coefficient (Wildman–Crippen LogP) is 1.89. The zero-order chi connectivity index (χ0) is 30.8. The van der Waals surface area contributed by atoms with Gasteiger partial charge in [0.2, 0.25) is 5.91 Å². The lowest BCUT2D eigenvalue weighted by Crippen LogP contribution is -2.70. The number of epoxide rings is 1. The first kappa shape index (κ1) is 30.4. The molecule has 1 amide bonds. The smallest absolute Gasteiger partial charge is 0.303 e. The number of carbonyl (C=O) groups excluding carboxylic acids is 4. The number of benzene rings is 1. The van der Waals surface area contributed by atoms with E-state index in [1.54, 1.807) is 26.0 Å². The predicted molar refractivity (Wildman–Crippen MR) is 150 cm³/mol. The molecule has 2 aliphatic carbocycles. The second kappa shape index (κ2) is 10.6. The maximum Gasteiger partial charge on any atom is 0.303 e. The monoisotopic (exact) mass is 583 g/mol. The van der Waals surface area contributed by atoms with Crippen molar-refractivity contribution >= 4 is 23.6 Å². The second-order valence-electron chi connectivity index (χ2n) is 12.9. The molecule has 1 spiro atoms. The van der Waals surface area contributed by atoms with E-state index in [1.807, 2.05) is 37.3 Å². The Morgan fingerprint density at radius 1 is 1.02 bits per heavy atom. The normalized spacial score (nSPS) is 44.5. The molecule has 2 saturated heterocycles. The molecular formula is C32H41NO9. The maximum absolute atomic E-state index is 14.6. The topological polar surface area (TPSA) is 152 Å². The van der Waals surface area contributed by atoms with Crippen LogP contribution in [0.1, 0.15) is 53.5 Å². The number of allylic oxidation sites excluding steroid dienone is 1. The average Bonchev–Trinajstić information content (AvgIpc) is 3.66. The quantitative estimate of drug-likeness (QED) is 0.274. The third kappa shape index (κ3) is 4.68. The minimum Gasteiger partial charge on any atom is -0.459 e. The molecule has 3 N–H and O–H groups in total. The Labute approximate surface area is 245 Å². The summed E-state index contributed by atoms with van der Waals surface area (Å²) in [6.45, 7) is 8.96. The fraction of sp³-hybridized carbons (Fsp3) is 0.625. The highest BCUT2D eigenvalue weighted by atomic mass is 16.6. The number of hydrogen-bond donors (Lipinski definition) is 3. The summed E-state index contributed by atoms with van der Waals surface area (Å²) in [4.78, 5) is 53.1. The highest BCUT2D eigenvalue weighted by Gasteiger charge is 2.77. The Morgan fingerprint density at radius 3 is 2.26 bits per heavy atom. The van der Waals surface area contributed by atoms with E-state index in [9.17, 15) is 29.4 Å². The lowest BCUT2D eigenvalue weighted by molar-refractivity contribution is -0.234. The number of esters is 2. The fourth-order valence-electron chi connectivity index (χ4n) is 8.02. The zero-order valence-corrected chi connectivity index (χ0v) is 24.9. The molecule has 1 saturated carbocycles. The number of amides is 1. The third-order valence-corrected chi connectivity index (χ3v) is 10.1. The summed E-state index contributed by atoms with van der Waals surface area (Å²) in [7, 11) is 0. The van der Waals surface area contributed by atoms with Crippen LogP contribution in [0, 0.1) is 29.1 Å². The van der Waals surface area contributed by atoms with Gasteiger partial charge in [0.1, 0.15) is 41.0 Å². The van der Waals surface area contributed by atoms with E-state index in [1.165, 1.54) is 20.8 Å². The zero-order valence-electron chi connectivity index (χ0n) is 24.9. The van der Waals surface area contributed by atoms with Crippen molar-refractivity contribution < 1.29 is 43.6 Å². The van der Waals surface area contributed by atoms with E-state index in [0.29, 0.717) is 6.42 Å². The van der Waals surface area contributed by atoms with Gasteiger partial charge >= 0.3 is 11.9 Å². The van der Waals surface area contributed by atoms with E-state index in [0.717, 1.165) is 5.56 Å².